The zero-order valence-electron chi connectivity index (χ0n) is 10.3. The summed E-state index contributed by atoms with van der Waals surface area (Å²) >= 11 is -2.17. The first-order valence-corrected chi connectivity index (χ1v) is 15.6. The minimum atomic E-state index is -2.17. The molecule has 88 valence electrons. The Kier molecular flexibility index (Phi) is 3.37. The van der Waals surface area contributed by atoms with Crippen molar-refractivity contribution in [1.82, 2.24) is 9.55 Å². The van der Waals surface area contributed by atoms with Gasteiger partial charge in [-0.1, -0.05) is 0 Å². The fourth-order valence-electron chi connectivity index (χ4n) is 1.62. The molecule has 0 aliphatic carbocycles. The fourth-order valence-corrected chi connectivity index (χ4v) is 4.60. The molecule has 0 aliphatic rings. The molecule has 0 spiro atoms. The van der Waals surface area contributed by atoms with Gasteiger partial charge >= 0.3 is 105 Å². The summed E-state index contributed by atoms with van der Waals surface area (Å²) in [6.07, 6.45) is 3.59. The van der Waals surface area contributed by atoms with E-state index in [9.17, 15) is 4.79 Å². The van der Waals surface area contributed by atoms with E-state index in [2.05, 4.69) is 25.9 Å². The van der Waals surface area contributed by atoms with Gasteiger partial charge < -0.3 is 0 Å². The Hall–Kier alpha value is -1.10. The Bertz CT molecular complexity index is 584. The molecule has 0 radical (unpaired) electrons. The third-order valence-electron chi connectivity index (χ3n) is 2.61. The van der Waals surface area contributed by atoms with E-state index in [0.29, 0.717) is 0 Å². The Morgan fingerprint density at radius 1 is 1.18 bits per heavy atom. The molecule has 2 aromatic heterocycles. The van der Waals surface area contributed by atoms with E-state index in [-0.39, 0.29) is 5.56 Å². The molecule has 0 saturated carbocycles. The van der Waals surface area contributed by atoms with E-state index in [1.807, 2.05) is 12.1 Å². The van der Waals surface area contributed by atoms with Crippen LogP contribution in [0.25, 0.3) is 5.69 Å². The summed E-state index contributed by atoms with van der Waals surface area (Å²) in [5.41, 5.74) is 0.904. The summed E-state index contributed by atoms with van der Waals surface area (Å²) in [6.45, 7) is 0. The third kappa shape index (κ3) is 2.77. The molecule has 0 aromatic carbocycles. The van der Waals surface area contributed by atoms with E-state index in [1.165, 1.54) is 3.71 Å². The predicted octanol–water partition coefficient (Wildman–Crippen LogP) is 1.78. The quantitative estimate of drug-likeness (QED) is 0.785. The molecule has 0 fully saturated rings. The predicted molar refractivity (Wildman–Crippen MR) is 72.8 cm³/mol. The second-order valence-electron chi connectivity index (χ2n) is 5.06. The van der Waals surface area contributed by atoms with Crippen LogP contribution in [0.5, 0.6) is 0 Å². The van der Waals surface area contributed by atoms with Crippen molar-refractivity contribution in [3.8, 4) is 5.69 Å². The van der Waals surface area contributed by atoms with Crippen molar-refractivity contribution in [2.45, 2.75) is 14.8 Å². The maximum atomic E-state index is 11.7. The van der Waals surface area contributed by atoms with E-state index in [1.54, 1.807) is 29.1 Å². The Labute approximate surface area is 105 Å². The minimum absolute atomic E-state index is 0.00578. The number of pyridine rings is 2. The first-order chi connectivity index (χ1) is 7.98. The van der Waals surface area contributed by atoms with Gasteiger partial charge in [-0.05, 0) is 0 Å². The van der Waals surface area contributed by atoms with Crippen LogP contribution in [0, 0.1) is 0 Å². The molecule has 2 rings (SSSR count). The van der Waals surface area contributed by atoms with Crippen LogP contribution in [0.4, 0.5) is 0 Å². The molecule has 0 unspecified atom stereocenters. The maximum absolute atomic E-state index is 11.7. The molecule has 0 amide bonds. The zero-order chi connectivity index (χ0) is 12.5. The SMILES string of the molecule is [CH3][Sn]([CH3])([CH3])[c]1cc(-n2ccccc2=O)ccn1. The second kappa shape index (κ2) is 4.64. The van der Waals surface area contributed by atoms with E-state index < -0.39 is 18.4 Å². The molecule has 2 heterocycles. The van der Waals surface area contributed by atoms with Gasteiger partial charge in [0.05, 0.1) is 0 Å². The summed E-state index contributed by atoms with van der Waals surface area (Å²) in [7, 11) is 0. The van der Waals surface area contributed by atoms with Crippen LogP contribution in [0.1, 0.15) is 0 Å². The zero-order valence-corrected chi connectivity index (χ0v) is 13.2. The Morgan fingerprint density at radius 2 is 1.94 bits per heavy atom. The molecule has 17 heavy (non-hydrogen) atoms. The van der Waals surface area contributed by atoms with Crippen molar-refractivity contribution >= 4 is 22.1 Å². The molecule has 0 N–H and O–H groups in total. The molecule has 0 saturated heterocycles. The Balaban J connectivity index is 2.55. The first-order valence-electron chi connectivity index (χ1n) is 5.63. The summed E-state index contributed by atoms with van der Waals surface area (Å²) in [4.78, 5) is 23.1. The molecule has 3 nitrogen and oxygen atoms in total. The molecular formula is C13H16N2OSn. The second-order valence-corrected chi connectivity index (χ2v) is 19.4. The normalized spacial score (nSPS) is 11.5. The number of hydrogen-bond acceptors (Lipinski definition) is 2. The van der Waals surface area contributed by atoms with Gasteiger partial charge in [-0.2, -0.15) is 0 Å². The van der Waals surface area contributed by atoms with Crippen LogP contribution in [0.3, 0.4) is 0 Å². The standard InChI is InChI=1S/C10H7N2O.3CH3.Sn/c13-10-3-1-2-8-12(10)9-4-6-11-7-5-9;;;;/h1-6,8H;3*1H3;. The van der Waals surface area contributed by atoms with Crippen molar-refractivity contribution in [3.05, 3.63) is 53.1 Å². The van der Waals surface area contributed by atoms with Gasteiger partial charge in [0.25, 0.3) is 0 Å². The fraction of sp³-hybridized carbons (Fsp3) is 0.231. The number of aromatic nitrogens is 2. The van der Waals surface area contributed by atoms with Gasteiger partial charge in [-0.25, -0.2) is 0 Å². The molecule has 2 aromatic rings. The molecule has 4 heteroatoms. The van der Waals surface area contributed by atoms with Gasteiger partial charge in [0.1, 0.15) is 0 Å². The van der Waals surface area contributed by atoms with E-state index in [0.717, 1.165) is 5.69 Å². The average molecular weight is 335 g/mol. The van der Waals surface area contributed by atoms with Gasteiger partial charge in [0.2, 0.25) is 0 Å². The van der Waals surface area contributed by atoms with Crippen LogP contribution >= 0.6 is 0 Å². The number of nitrogens with zero attached hydrogens (tertiary/aromatic N) is 2. The monoisotopic (exact) mass is 336 g/mol. The average Bonchev–Trinajstić information content (AvgIpc) is 2.29. The van der Waals surface area contributed by atoms with Crippen molar-refractivity contribution in [3.63, 3.8) is 0 Å². The summed E-state index contributed by atoms with van der Waals surface area (Å²) < 4.78 is 2.84. The van der Waals surface area contributed by atoms with Crippen molar-refractivity contribution in [2.24, 2.45) is 0 Å². The molecule has 0 atom stereocenters. The van der Waals surface area contributed by atoms with Crippen LogP contribution in [-0.4, -0.2) is 27.9 Å². The van der Waals surface area contributed by atoms with Crippen LogP contribution < -0.4 is 9.27 Å². The summed E-state index contributed by atoms with van der Waals surface area (Å²) in [5, 5.41) is 0. The van der Waals surface area contributed by atoms with Gasteiger partial charge in [-0.3, -0.25) is 0 Å². The van der Waals surface area contributed by atoms with Gasteiger partial charge in [0, 0.05) is 0 Å². The first kappa shape index (κ1) is 12.4. The van der Waals surface area contributed by atoms with Crippen molar-refractivity contribution in [2.75, 3.05) is 0 Å². The van der Waals surface area contributed by atoms with Crippen LogP contribution in [-0.2, 0) is 0 Å². The molecule has 0 aliphatic heterocycles. The van der Waals surface area contributed by atoms with Gasteiger partial charge in [0.15, 0.2) is 0 Å². The third-order valence-corrected chi connectivity index (χ3v) is 7.78. The molecule has 0 bridgehead atoms. The topological polar surface area (TPSA) is 34.9 Å². The van der Waals surface area contributed by atoms with Crippen LogP contribution in [0.2, 0.25) is 14.8 Å². The Morgan fingerprint density at radius 3 is 2.59 bits per heavy atom. The summed E-state index contributed by atoms with van der Waals surface area (Å²) in [6, 6.07) is 9.12. The number of rotatable bonds is 2. The van der Waals surface area contributed by atoms with Gasteiger partial charge in [-0.15, -0.1) is 0 Å². The van der Waals surface area contributed by atoms with Crippen LogP contribution in [0.15, 0.2) is 47.5 Å². The van der Waals surface area contributed by atoms with Crippen molar-refractivity contribution < 1.29 is 0 Å². The number of hydrogen-bond donors (Lipinski definition) is 0. The van der Waals surface area contributed by atoms with E-state index in [4.69, 9.17) is 0 Å². The summed E-state index contributed by atoms with van der Waals surface area (Å²) in [5.74, 6) is 0. The molecular weight excluding hydrogens is 319 g/mol. The van der Waals surface area contributed by atoms with E-state index >= 15 is 0 Å². The van der Waals surface area contributed by atoms with Crippen molar-refractivity contribution in [1.29, 1.82) is 0 Å².